The molecule has 0 atom stereocenters. The minimum atomic E-state index is -0.0767. The summed E-state index contributed by atoms with van der Waals surface area (Å²) >= 11 is 0. The molecule has 0 saturated heterocycles. The van der Waals surface area contributed by atoms with E-state index in [-0.39, 0.29) is 31.6 Å². The molecule has 145 valence electrons. The topological polar surface area (TPSA) is 50.2 Å². The van der Waals surface area contributed by atoms with Crippen molar-refractivity contribution >= 4 is 16.6 Å². The van der Waals surface area contributed by atoms with Crippen molar-refractivity contribution in [3.8, 4) is 11.3 Å². The number of carbonyl (C=O) groups excluding carboxylic acids is 1. The summed E-state index contributed by atoms with van der Waals surface area (Å²) in [7, 11) is 0. The van der Waals surface area contributed by atoms with Gasteiger partial charge in [0.15, 0.2) is 5.78 Å². The van der Waals surface area contributed by atoms with Crippen LogP contribution in [0.4, 0.5) is 0 Å². The van der Waals surface area contributed by atoms with Gasteiger partial charge in [0.25, 0.3) is 0 Å². The first-order valence-corrected chi connectivity index (χ1v) is 9.00. The Kier molecular flexibility index (Phi) is 7.86. The second kappa shape index (κ2) is 10.1. The standard InChI is InChI=1S/C15H10N.C9H12O2.Ir/c1-2-7-13(8-3-1)15-14-9-5-4-6-12(14)10-11-16-15;1-6-4-3-5-8(11)9(6)7(2)10;/h1-7,9-11H;11H,1,3-5H2,2H3;/q-1;;. The van der Waals surface area contributed by atoms with Crippen LogP contribution < -0.4 is 0 Å². The van der Waals surface area contributed by atoms with Crippen LogP contribution in [0.1, 0.15) is 26.2 Å². The van der Waals surface area contributed by atoms with Gasteiger partial charge in [-0.15, -0.1) is 35.9 Å². The number of aliphatic hydroxyl groups is 1. The fourth-order valence-corrected chi connectivity index (χ4v) is 3.25. The number of carbonyl (C=O) groups is 1. The molecule has 3 nitrogen and oxygen atoms in total. The van der Waals surface area contributed by atoms with E-state index in [2.05, 4.69) is 29.8 Å². The number of ketones is 1. The maximum absolute atomic E-state index is 10.9. The molecule has 0 spiro atoms. The number of aromatic nitrogens is 1. The van der Waals surface area contributed by atoms with Gasteiger partial charge in [-0.1, -0.05) is 30.8 Å². The third-order valence-corrected chi connectivity index (χ3v) is 4.52. The quantitative estimate of drug-likeness (QED) is 0.410. The molecule has 0 bridgehead atoms. The van der Waals surface area contributed by atoms with E-state index in [1.165, 1.54) is 17.7 Å². The number of aliphatic hydroxyl groups excluding tert-OH is 1. The molecule has 0 fully saturated rings. The van der Waals surface area contributed by atoms with Crippen LogP contribution in [0.2, 0.25) is 0 Å². The van der Waals surface area contributed by atoms with E-state index in [9.17, 15) is 9.90 Å². The number of benzene rings is 2. The number of pyridine rings is 1. The molecule has 1 N–H and O–H groups in total. The Balaban J connectivity index is 0.000000208. The monoisotopic (exact) mass is 549 g/mol. The van der Waals surface area contributed by atoms with E-state index in [0.29, 0.717) is 12.0 Å². The number of hydrogen-bond donors (Lipinski definition) is 1. The number of hydrogen-bond acceptors (Lipinski definition) is 3. The van der Waals surface area contributed by atoms with Crippen LogP contribution >= 0.6 is 0 Å². The van der Waals surface area contributed by atoms with Gasteiger partial charge in [0.1, 0.15) is 5.76 Å². The van der Waals surface area contributed by atoms with Crippen LogP contribution in [0, 0.1) is 6.07 Å². The number of rotatable bonds is 2. The maximum atomic E-state index is 10.9. The summed E-state index contributed by atoms with van der Waals surface area (Å²) in [6.07, 6.45) is 4.20. The summed E-state index contributed by atoms with van der Waals surface area (Å²) in [5.41, 5.74) is 3.27. The number of nitrogens with zero attached hydrogens (tertiary/aromatic N) is 1. The second-order valence-corrected chi connectivity index (χ2v) is 6.49. The van der Waals surface area contributed by atoms with Crippen LogP contribution in [-0.2, 0) is 24.9 Å². The van der Waals surface area contributed by atoms with Gasteiger partial charge in [-0.2, -0.15) is 0 Å². The predicted molar refractivity (Wildman–Crippen MR) is 109 cm³/mol. The van der Waals surface area contributed by atoms with Crippen molar-refractivity contribution in [1.82, 2.24) is 4.98 Å². The molecule has 4 rings (SSSR count). The molecule has 3 aromatic rings. The molecule has 0 amide bonds. The van der Waals surface area contributed by atoms with Gasteiger partial charge in [-0.25, -0.2) is 0 Å². The van der Waals surface area contributed by atoms with E-state index < -0.39 is 0 Å². The molecular weight excluding hydrogens is 526 g/mol. The molecule has 28 heavy (non-hydrogen) atoms. The van der Waals surface area contributed by atoms with Crippen molar-refractivity contribution in [1.29, 1.82) is 0 Å². The van der Waals surface area contributed by atoms with Crippen molar-refractivity contribution in [2.75, 3.05) is 0 Å². The summed E-state index contributed by atoms with van der Waals surface area (Å²) in [4.78, 5) is 15.4. The molecular formula is C24H22IrNO2-. The Hall–Kier alpha value is -2.55. The summed E-state index contributed by atoms with van der Waals surface area (Å²) in [5.74, 6) is 0.140. The number of Topliss-reactive ketones (excluding diaryl/α,β-unsaturated/α-hetero) is 1. The van der Waals surface area contributed by atoms with Crippen molar-refractivity contribution in [2.24, 2.45) is 0 Å². The van der Waals surface area contributed by atoms with Crippen molar-refractivity contribution < 1.29 is 30.0 Å². The molecule has 0 saturated carbocycles. The van der Waals surface area contributed by atoms with Gasteiger partial charge < -0.3 is 10.1 Å². The van der Waals surface area contributed by atoms with Crippen LogP contribution in [0.5, 0.6) is 0 Å². The van der Waals surface area contributed by atoms with Crippen LogP contribution in [0.3, 0.4) is 0 Å². The molecule has 1 aromatic heterocycles. The van der Waals surface area contributed by atoms with Crippen molar-refractivity contribution in [2.45, 2.75) is 26.2 Å². The summed E-state index contributed by atoms with van der Waals surface area (Å²) in [6.45, 7) is 5.19. The average molecular weight is 549 g/mol. The zero-order chi connectivity index (χ0) is 19.2. The van der Waals surface area contributed by atoms with Crippen molar-refractivity contribution in [3.63, 3.8) is 0 Å². The van der Waals surface area contributed by atoms with E-state index in [1.807, 2.05) is 48.7 Å². The van der Waals surface area contributed by atoms with Gasteiger partial charge in [-0.3, -0.25) is 4.79 Å². The first kappa shape index (κ1) is 21.7. The first-order chi connectivity index (χ1) is 13.1. The van der Waals surface area contributed by atoms with Gasteiger partial charge in [-0.05, 0) is 47.9 Å². The third-order valence-electron chi connectivity index (χ3n) is 4.52. The molecule has 1 aliphatic carbocycles. The SMILES string of the molecule is C=C1CCCC(O)=C1C(C)=O.[Ir].[c-]1ccccc1-c1nccc2ccccc12. The fourth-order valence-electron chi connectivity index (χ4n) is 3.25. The average Bonchev–Trinajstić information content (AvgIpc) is 2.68. The third kappa shape index (κ3) is 5.03. The summed E-state index contributed by atoms with van der Waals surface area (Å²) in [6, 6.07) is 21.4. The van der Waals surface area contributed by atoms with Crippen LogP contribution in [0.25, 0.3) is 22.0 Å². The smallest absolute Gasteiger partial charge is 0.163 e. The van der Waals surface area contributed by atoms with E-state index in [4.69, 9.17) is 0 Å². The maximum Gasteiger partial charge on any atom is 0.163 e. The Morgan fingerprint density at radius 3 is 2.50 bits per heavy atom. The van der Waals surface area contributed by atoms with Crippen molar-refractivity contribution in [3.05, 3.63) is 90.3 Å². The van der Waals surface area contributed by atoms with Crippen LogP contribution in [0.15, 0.2) is 84.3 Å². The number of allylic oxidation sites excluding steroid dienone is 3. The van der Waals surface area contributed by atoms with Gasteiger partial charge in [0, 0.05) is 32.7 Å². The molecule has 4 heteroatoms. The Labute approximate surface area is 179 Å². The molecule has 1 aliphatic rings. The first-order valence-electron chi connectivity index (χ1n) is 9.00. The van der Waals surface area contributed by atoms with E-state index in [0.717, 1.165) is 29.7 Å². The molecule has 2 aromatic carbocycles. The minimum absolute atomic E-state index is 0. The number of fused-ring (bicyclic) bond motifs is 1. The van der Waals surface area contributed by atoms with E-state index >= 15 is 0 Å². The molecule has 0 aliphatic heterocycles. The largest absolute Gasteiger partial charge is 0.512 e. The summed E-state index contributed by atoms with van der Waals surface area (Å²) < 4.78 is 0. The molecule has 0 unspecified atom stereocenters. The van der Waals surface area contributed by atoms with E-state index in [1.54, 1.807) is 0 Å². The fraction of sp³-hybridized carbons (Fsp3) is 0.167. The van der Waals surface area contributed by atoms with Gasteiger partial charge >= 0.3 is 0 Å². The minimum Gasteiger partial charge on any atom is -0.512 e. The van der Waals surface area contributed by atoms with Crippen LogP contribution in [-0.4, -0.2) is 15.9 Å². The Morgan fingerprint density at radius 2 is 1.86 bits per heavy atom. The zero-order valence-corrected chi connectivity index (χ0v) is 18.1. The predicted octanol–water partition coefficient (Wildman–Crippen LogP) is 5.83. The van der Waals surface area contributed by atoms with Gasteiger partial charge in [0.2, 0.25) is 0 Å². The second-order valence-electron chi connectivity index (χ2n) is 6.49. The Bertz CT molecular complexity index is 1000. The molecule has 1 heterocycles. The normalized spacial score (nSPS) is 13.4. The zero-order valence-electron chi connectivity index (χ0n) is 15.7. The Morgan fingerprint density at radius 1 is 1.11 bits per heavy atom. The summed E-state index contributed by atoms with van der Waals surface area (Å²) in [5, 5.41) is 11.7. The van der Waals surface area contributed by atoms with Gasteiger partial charge in [0.05, 0.1) is 5.57 Å². The molecule has 1 radical (unpaired) electrons.